The monoisotopic (exact) mass is 266 g/mol. The van der Waals surface area contributed by atoms with Crippen LogP contribution in [-0.2, 0) is 0 Å². The van der Waals surface area contributed by atoms with Crippen molar-refractivity contribution < 1.29 is 14.6 Å². The number of carbonyl (C=O) groups is 1. The predicted octanol–water partition coefficient (Wildman–Crippen LogP) is 1.56. The maximum absolute atomic E-state index is 11.9. The van der Waals surface area contributed by atoms with Gasteiger partial charge in [-0.15, -0.1) is 0 Å². The standard InChI is InChI=1S/C14H22N2O3/c1-19-13-9-11(8-12(15)10-13)14(18)16-6-4-2-3-5-7-17/h8-10,17H,2-7,15H2,1H3,(H,16,18). The van der Waals surface area contributed by atoms with Gasteiger partial charge in [0, 0.05) is 30.5 Å². The summed E-state index contributed by atoms with van der Waals surface area (Å²) >= 11 is 0. The summed E-state index contributed by atoms with van der Waals surface area (Å²) < 4.78 is 5.07. The van der Waals surface area contributed by atoms with E-state index in [1.165, 1.54) is 7.11 Å². The van der Waals surface area contributed by atoms with Crippen molar-refractivity contribution in [2.75, 3.05) is 26.0 Å². The third-order valence-electron chi connectivity index (χ3n) is 2.80. The Labute approximate surface area is 113 Å². The maximum atomic E-state index is 11.9. The van der Waals surface area contributed by atoms with Crippen LogP contribution in [0.15, 0.2) is 18.2 Å². The normalized spacial score (nSPS) is 10.2. The predicted molar refractivity (Wildman–Crippen MR) is 75.3 cm³/mol. The molecule has 1 aromatic carbocycles. The molecule has 0 aliphatic heterocycles. The molecule has 0 unspecified atom stereocenters. The van der Waals surface area contributed by atoms with Crippen molar-refractivity contribution >= 4 is 11.6 Å². The minimum Gasteiger partial charge on any atom is -0.497 e. The van der Waals surface area contributed by atoms with Crippen LogP contribution in [0.25, 0.3) is 0 Å². The van der Waals surface area contributed by atoms with Crippen molar-refractivity contribution in [3.63, 3.8) is 0 Å². The zero-order valence-corrected chi connectivity index (χ0v) is 11.3. The van der Waals surface area contributed by atoms with E-state index >= 15 is 0 Å². The van der Waals surface area contributed by atoms with Crippen molar-refractivity contribution in [3.8, 4) is 5.75 Å². The quantitative estimate of drug-likeness (QED) is 0.492. The van der Waals surface area contributed by atoms with Crippen LogP contribution >= 0.6 is 0 Å². The highest BCUT2D eigenvalue weighted by atomic mass is 16.5. The minimum absolute atomic E-state index is 0.146. The van der Waals surface area contributed by atoms with Crippen LogP contribution in [0.5, 0.6) is 5.75 Å². The van der Waals surface area contributed by atoms with Crippen molar-refractivity contribution in [3.05, 3.63) is 23.8 Å². The Kier molecular flexibility index (Phi) is 6.74. The van der Waals surface area contributed by atoms with Gasteiger partial charge in [0.2, 0.25) is 0 Å². The first-order chi connectivity index (χ1) is 9.17. The van der Waals surface area contributed by atoms with Crippen molar-refractivity contribution in [1.29, 1.82) is 0 Å². The van der Waals surface area contributed by atoms with Gasteiger partial charge in [-0.05, 0) is 25.0 Å². The highest BCUT2D eigenvalue weighted by molar-refractivity contribution is 5.95. The first kappa shape index (κ1) is 15.3. The largest absolute Gasteiger partial charge is 0.497 e. The molecule has 0 saturated carbocycles. The van der Waals surface area contributed by atoms with E-state index in [4.69, 9.17) is 15.6 Å². The van der Waals surface area contributed by atoms with E-state index in [-0.39, 0.29) is 12.5 Å². The van der Waals surface area contributed by atoms with Crippen LogP contribution in [0.1, 0.15) is 36.0 Å². The molecule has 5 heteroatoms. The lowest BCUT2D eigenvalue weighted by Crippen LogP contribution is -2.24. The van der Waals surface area contributed by atoms with Crippen molar-refractivity contribution in [1.82, 2.24) is 5.32 Å². The number of rotatable bonds is 8. The molecule has 1 rings (SSSR count). The number of amides is 1. The second-order valence-electron chi connectivity index (χ2n) is 4.39. The zero-order valence-electron chi connectivity index (χ0n) is 11.3. The van der Waals surface area contributed by atoms with Crippen LogP contribution < -0.4 is 15.8 Å². The summed E-state index contributed by atoms with van der Waals surface area (Å²) in [6.07, 6.45) is 3.71. The molecule has 19 heavy (non-hydrogen) atoms. The van der Waals surface area contributed by atoms with Gasteiger partial charge in [0.25, 0.3) is 5.91 Å². The Morgan fingerprint density at radius 2 is 2.00 bits per heavy atom. The van der Waals surface area contributed by atoms with E-state index in [1.807, 2.05) is 0 Å². The Hall–Kier alpha value is -1.75. The summed E-state index contributed by atoms with van der Waals surface area (Å²) in [5.41, 5.74) is 6.71. The molecule has 0 aromatic heterocycles. The first-order valence-corrected chi connectivity index (χ1v) is 6.51. The van der Waals surface area contributed by atoms with Gasteiger partial charge in [0.15, 0.2) is 0 Å². The molecule has 0 saturated heterocycles. The molecular formula is C14H22N2O3. The molecule has 0 bridgehead atoms. The lowest BCUT2D eigenvalue weighted by atomic mass is 10.1. The van der Waals surface area contributed by atoms with Gasteiger partial charge in [-0.3, -0.25) is 4.79 Å². The van der Waals surface area contributed by atoms with Gasteiger partial charge in [-0.2, -0.15) is 0 Å². The number of unbranched alkanes of at least 4 members (excludes halogenated alkanes) is 3. The number of nitrogens with two attached hydrogens (primary N) is 1. The van der Waals surface area contributed by atoms with Crippen LogP contribution in [-0.4, -0.2) is 31.3 Å². The Morgan fingerprint density at radius 1 is 1.26 bits per heavy atom. The summed E-state index contributed by atoms with van der Waals surface area (Å²) in [6, 6.07) is 4.97. The molecule has 0 aliphatic carbocycles. The van der Waals surface area contributed by atoms with Gasteiger partial charge >= 0.3 is 0 Å². The fourth-order valence-corrected chi connectivity index (χ4v) is 1.77. The third kappa shape index (κ3) is 5.61. The number of hydrogen-bond donors (Lipinski definition) is 3. The topological polar surface area (TPSA) is 84.6 Å². The molecular weight excluding hydrogens is 244 g/mol. The minimum atomic E-state index is -0.146. The number of nitrogen functional groups attached to an aromatic ring is 1. The van der Waals surface area contributed by atoms with E-state index in [9.17, 15) is 4.79 Å². The average Bonchev–Trinajstić information content (AvgIpc) is 2.41. The highest BCUT2D eigenvalue weighted by Gasteiger charge is 2.07. The molecule has 1 aromatic rings. The average molecular weight is 266 g/mol. The van der Waals surface area contributed by atoms with Crippen LogP contribution in [0.3, 0.4) is 0 Å². The van der Waals surface area contributed by atoms with Crippen molar-refractivity contribution in [2.24, 2.45) is 0 Å². The molecule has 106 valence electrons. The number of benzene rings is 1. The fourth-order valence-electron chi connectivity index (χ4n) is 1.77. The molecule has 5 nitrogen and oxygen atoms in total. The molecule has 4 N–H and O–H groups in total. The lowest BCUT2D eigenvalue weighted by Gasteiger charge is -2.08. The van der Waals surface area contributed by atoms with Gasteiger partial charge in [0.1, 0.15) is 5.75 Å². The zero-order chi connectivity index (χ0) is 14.1. The summed E-state index contributed by atoms with van der Waals surface area (Å²) in [4.78, 5) is 11.9. The SMILES string of the molecule is COc1cc(N)cc(C(=O)NCCCCCCO)c1. The maximum Gasteiger partial charge on any atom is 0.251 e. The number of hydrogen-bond acceptors (Lipinski definition) is 4. The molecule has 1 amide bonds. The molecule has 0 radical (unpaired) electrons. The second kappa shape index (κ2) is 8.37. The number of nitrogens with one attached hydrogen (secondary N) is 1. The van der Waals surface area contributed by atoms with E-state index in [0.29, 0.717) is 23.5 Å². The highest BCUT2D eigenvalue weighted by Crippen LogP contribution is 2.18. The van der Waals surface area contributed by atoms with Gasteiger partial charge in [-0.1, -0.05) is 12.8 Å². The summed E-state index contributed by atoms with van der Waals surface area (Å²) in [5.74, 6) is 0.431. The van der Waals surface area contributed by atoms with Crippen molar-refractivity contribution in [2.45, 2.75) is 25.7 Å². The van der Waals surface area contributed by atoms with E-state index < -0.39 is 0 Å². The smallest absolute Gasteiger partial charge is 0.251 e. The summed E-state index contributed by atoms with van der Waals surface area (Å²) in [6.45, 7) is 0.858. The van der Waals surface area contributed by atoms with Gasteiger partial charge < -0.3 is 20.9 Å². The van der Waals surface area contributed by atoms with Crippen LogP contribution in [0, 0.1) is 0 Å². The number of aliphatic hydroxyl groups is 1. The van der Waals surface area contributed by atoms with Crippen LogP contribution in [0.4, 0.5) is 5.69 Å². The first-order valence-electron chi connectivity index (χ1n) is 6.51. The Morgan fingerprint density at radius 3 is 2.68 bits per heavy atom. The number of anilines is 1. The molecule has 0 atom stereocenters. The van der Waals surface area contributed by atoms with Gasteiger partial charge in [0.05, 0.1) is 7.11 Å². The Balaban J connectivity index is 2.39. The molecule has 0 fully saturated rings. The van der Waals surface area contributed by atoms with Crippen LogP contribution in [0.2, 0.25) is 0 Å². The number of methoxy groups -OCH3 is 1. The molecule has 0 heterocycles. The summed E-state index contributed by atoms with van der Waals surface area (Å²) in [7, 11) is 1.54. The van der Waals surface area contributed by atoms with E-state index in [2.05, 4.69) is 5.32 Å². The lowest BCUT2D eigenvalue weighted by molar-refractivity contribution is 0.0952. The number of aliphatic hydroxyl groups excluding tert-OH is 1. The molecule has 0 aliphatic rings. The van der Waals surface area contributed by atoms with Gasteiger partial charge in [-0.25, -0.2) is 0 Å². The fraction of sp³-hybridized carbons (Fsp3) is 0.500. The summed E-state index contributed by atoms with van der Waals surface area (Å²) in [5, 5.41) is 11.5. The third-order valence-corrected chi connectivity index (χ3v) is 2.80. The van der Waals surface area contributed by atoms with E-state index in [0.717, 1.165) is 25.7 Å². The van der Waals surface area contributed by atoms with E-state index in [1.54, 1.807) is 18.2 Å². The molecule has 0 spiro atoms. The number of ether oxygens (including phenoxy) is 1. The number of carbonyl (C=O) groups excluding carboxylic acids is 1. The second-order valence-corrected chi connectivity index (χ2v) is 4.39. The Bertz CT molecular complexity index is 408.